The third-order valence-electron chi connectivity index (χ3n) is 3.13. The van der Waals surface area contributed by atoms with Crippen LogP contribution in [0.1, 0.15) is 19.4 Å². The fourth-order valence-corrected chi connectivity index (χ4v) is 2.86. The van der Waals surface area contributed by atoms with Crippen LogP contribution in [0.25, 0.3) is 0 Å². The number of ether oxygens (including phenoxy) is 1. The highest BCUT2D eigenvalue weighted by Gasteiger charge is 2.33. The quantitative estimate of drug-likeness (QED) is 0.786. The van der Waals surface area contributed by atoms with Gasteiger partial charge in [0.05, 0.1) is 11.7 Å². The summed E-state index contributed by atoms with van der Waals surface area (Å²) in [6, 6.07) is 3.59. The van der Waals surface area contributed by atoms with Crippen LogP contribution in [-0.2, 0) is 11.3 Å². The van der Waals surface area contributed by atoms with Gasteiger partial charge in [0.25, 0.3) is 0 Å². The maximum Gasteiger partial charge on any atom is 0.127 e. The Morgan fingerprint density at radius 1 is 1.42 bits per heavy atom. The molecule has 0 N–H and O–H groups in total. The molecule has 0 spiro atoms. The predicted molar refractivity (Wildman–Crippen MR) is 74.4 cm³/mol. The third kappa shape index (κ3) is 3.97. The maximum absolute atomic E-state index is 13.7. The molecule has 1 aliphatic heterocycles. The molecule has 0 saturated carbocycles. The summed E-state index contributed by atoms with van der Waals surface area (Å²) in [4.78, 5) is 2.10. The molecule has 1 aromatic rings. The monoisotopic (exact) mass is 333 g/mol. The minimum absolute atomic E-state index is 0.0698. The molecule has 1 aliphatic rings. The molecule has 5 heteroatoms. The van der Waals surface area contributed by atoms with Gasteiger partial charge in [-0.3, -0.25) is 4.90 Å². The lowest BCUT2D eigenvalue weighted by Crippen LogP contribution is -2.52. The zero-order valence-corrected chi connectivity index (χ0v) is 12.7. The lowest BCUT2D eigenvalue weighted by molar-refractivity contribution is -0.128. The SMILES string of the molecule is CC1(C)CN(Cc2cc(F)ccc2F)CC(CBr)O1. The Hall–Kier alpha value is -0.520. The van der Waals surface area contributed by atoms with Gasteiger partial charge in [0.1, 0.15) is 11.6 Å². The third-order valence-corrected chi connectivity index (χ3v) is 3.85. The van der Waals surface area contributed by atoms with Crippen molar-refractivity contribution in [1.29, 1.82) is 0 Å². The molecule has 2 rings (SSSR count). The van der Waals surface area contributed by atoms with E-state index in [4.69, 9.17) is 4.74 Å². The summed E-state index contributed by atoms with van der Waals surface area (Å²) >= 11 is 3.42. The highest BCUT2D eigenvalue weighted by Crippen LogP contribution is 2.24. The normalized spacial score (nSPS) is 23.5. The van der Waals surface area contributed by atoms with Crippen molar-refractivity contribution < 1.29 is 13.5 Å². The molecule has 1 heterocycles. The molecule has 1 unspecified atom stereocenters. The molecule has 0 amide bonds. The second kappa shape index (κ2) is 5.85. The van der Waals surface area contributed by atoms with Gasteiger partial charge < -0.3 is 4.74 Å². The highest BCUT2D eigenvalue weighted by atomic mass is 79.9. The standard InChI is InChI=1S/C14H18BrF2NO/c1-14(2)9-18(8-12(6-15)19-14)7-10-5-11(16)3-4-13(10)17/h3-5,12H,6-9H2,1-2H3. The second-order valence-corrected chi connectivity index (χ2v) is 6.21. The molecule has 1 atom stereocenters. The van der Waals surface area contributed by atoms with Crippen molar-refractivity contribution >= 4 is 15.9 Å². The van der Waals surface area contributed by atoms with E-state index in [2.05, 4.69) is 20.8 Å². The number of nitrogens with zero attached hydrogens (tertiary/aromatic N) is 1. The lowest BCUT2D eigenvalue weighted by atomic mass is 10.0. The van der Waals surface area contributed by atoms with Gasteiger partial charge in [0.15, 0.2) is 0 Å². The molecule has 1 saturated heterocycles. The number of morpholine rings is 1. The number of rotatable bonds is 3. The van der Waals surface area contributed by atoms with Crippen LogP contribution in [0.15, 0.2) is 18.2 Å². The van der Waals surface area contributed by atoms with Crippen molar-refractivity contribution in [3.05, 3.63) is 35.4 Å². The molecule has 1 aromatic carbocycles. The van der Waals surface area contributed by atoms with Crippen LogP contribution in [0.2, 0.25) is 0 Å². The molecule has 0 bridgehead atoms. The van der Waals surface area contributed by atoms with Gasteiger partial charge in [0.2, 0.25) is 0 Å². The van der Waals surface area contributed by atoms with Gasteiger partial charge in [-0.25, -0.2) is 8.78 Å². The summed E-state index contributed by atoms with van der Waals surface area (Å²) in [5, 5.41) is 0.735. The molecule has 1 fully saturated rings. The summed E-state index contributed by atoms with van der Waals surface area (Å²) in [6.45, 7) is 5.84. The van der Waals surface area contributed by atoms with E-state index in [1.54, 1.807) is 0 Å². The summed E-state index contributed by atoms with van der Waals surface area (Å²) in [6.07, 6.45) is 0.0698. The van der Waals surface area contributed by atoms with Gasteiger partial charge in [-0.05, 0) is 32.0 Å². The van der Waals surface area contributed by atoms with Crippen LogP contribution in [0.4, 0.5) is 8.78 Å². The van der Waals surface area contributed by atoms with Gasteiger partial charge in [0, 0.05) is 30.5 Å². The van der Waals surface area contributed by atoms with Crippen molar-refractivity contribution in [2.75, 3.05) is 18.4 Å². The van der Waals surface area contributed by atoms with Crippen molar-refractivity contribution in [1.82, 2.24) is 4.90 Å². The van der Waals surface area contributed by atoms with E-state index in [0.29, 0.717) is 25.2 Å². The minimum Gasteiger partial charge on any atom is -0.369 e. The minimum atomic E-state index is -0.402. The Morgan fingerprint density at radius 3 is 2.84 bits per heavy atom. The second-order valence-electron chi connectivity index (χ2n) is 5.56. The molecular weight excluding hydrogens is 316 g/mol. The van der Waals surface area contributed by atoms with E-state index in [0.717, 1.165) is 11.4 Å². The first-order valence-corrected chi connectivity index (χ1v) is 7.42. The first kappa shape index (κ1) is 14.9. The smallest absolute Gasteiger partial charge is 0.127 e. The van der Waals surface area contributed by atoms with Crippen LogP contribution < -0.4 is 0 Å². The summed E-state index contributed by atoms with van der Waals surface area (Å²) in [5.41, 5.74) is 0.117. The fourth-order valence-electron chi connectivity index (χ4n) is 2.52. The Bertz CT molecular complexity index is 453. The number of hydrogen-bond donors (Lipinski definition) is 0. The maximum atomic E-state index is 13.7. The average molecular weight is 334 g/mol. The van der Waals surface area contributed by atoms with Crippen molar-refractivity contribution in [3.8, 4) is 0 Å². The fraction of sp³-hybridized carbons (Fsp3) is 0.571. The largest absolute Gasteiger partial charge is 0.369 e. The number of alkyl halides is 1. The van der Waals surface area contributed by atoms with Crippen molar-refractivity contribution in [2.45, 2.75) is 32.1 Å². The first-order valence-electron chi connectivity index (χ1n) is 6.30. The highest BCUT2D eigenvalue weighted by molar-refractivity contribution is 9.09. The Morgan fingerprint density at radius 2 is 2.16 bits per heavy atom. The Labute approximate surface area is 120 Å². The number of halogens is 3. The molecular formula is C14H18BrF2NO. The van der Waals surface area contributed by atoms with Crippen LogP contribution in [0.5, 0.6) is 0 Å². The van der Waals surface area contributed by atoms with Gasteiger partial charge in [-0.15, -0.1) is 0 Å². The van der Waals surface area contributed by atoms with E-state index in [9.17, 15) is 8.78 Å². The van der Waals surface area contributed by atoms with Crippen LogP contribution >= 0.6 is 15.9 Å². The summed E-state index contributed by atoms with van der Waals surface area (Å²) in [5.74, 6) is -0.762. The van der Waals surface area contributed by atoms with E-state index >= 15 is 0 Å². The van der Waals surface area contributed by atoms with Crippen LogP contribution in [0.3, 0.4) is 0 Å². The Kier molecular flexibility index (Phi) is 4.58. The zero-order valence-electron chi connectivity index (χ0n) is 11.1. The number of hydrogen-bond acceptors (Lipinski definition) is 2. The van der Waals surface area contributed by atoms with Crippen LogP contribution in [-0.4, -0.2) is 35.0 Å². The molecule has 2 nitrogen and oxygen atoms in total. The van der Waals surface area contributed by atoms with Gasteiger partial charge in [-0.1, -0.05) is 15.9 Å². The van der Waals surface area contributed by atoms with E-state index in [1.165, 1.54) is 12.1 Å². The van der Waals surface area contributed by atoms with Crippen molar-refractivity contribution in [3.63, 3.8) is 0 Å². The summed E-state index contributed by atoms with van der Waals surface area (Å²) < 4.78 is 32.7. The average Bonchev–Trinajstić information content (AvgIpc) is 2.32. The topological polar surface area (TPSA) is 12.5 Å². The number of benzene rings is 1. The first-order chi connectivity index (χ1) is 8.89. The summed E-state index contributed by atoms with van der Waals surface area (Å²) in [7, 11) is 0. The van der Waals surface area contributed by atoms with E-state index in [-0.39, 0.29) is 17.5 Å². The van der Waals surface area contributed by atoms with Crippen molar-refractivity contribution in [2.24, 2.45) is 0 Å². The van der Waals surface area contributed by atoms with Gasteiger partial charge in [-0.2, -0.15) is 0 Å². The molecule has 106 valence electrons. The predicted octanol–water partition coefficient (Wildman–Crippen LogP) is 3.34. The lowest BCUT2D eigenvalue weighted by Gasteiger charge is -2.42. The zero-order chi connectivity index (χ0) is 14.0. The molecule has 0 aromatic heterocycles. The van der Waals surface area contributed by atoms with Crippen LogP contribution in [0, 0.1) is 11.6 Å². The molecule has 19 heavy (non-hydrogen) atoms. The van der Waals surface area contributed by atoms with E-state index < -0.39 is 5.82 Å². The Balaban J connectivity index is 2.11. The van der Waals surface area contributed by atoms with Gasteiger partial charge >= 0.3 is 0 Å². The molecule has 0 aliphatic carbocycles. The van der Waals surface area contributed by atoms with E-state index in [1.807, 2.05) is 13.8 Å². The molecule has 0 radical (unpaired) electrons.